The third-order valence-electron chi connectivity index (χ3n) is 4.25. The summed E-state index contributed by atoms with van der Waals surface area (Å²) in [5.41, 5.74) is 5.00. The van der Waals surface area contributed by atoms with Crippen LogP contribution in [0.15, 0.2) is 41.2 Å². The van der Waals surface area contributed by atoms with E-state index in [1.54, 1.807) is 11.5 Å². The molecule has 2 aromatic heterocycles. The van der Waals surface area contributed by atoms with Gasteiger partial charge in [0.15, 0.2) is 4.96 Å². The monoisotopic (exact) mass is 336 g/mol. The van der Waals surface area contributed by atoms with E-state index in [2.05, 4.69) is 11.9 Å². The van der Waals surface area contributed by atoms with Crippen LogP contribution in [0.25, 0.3) is 22.1 Å². The molecular formula is C19H16N2O2S. The lowest BCUT2D eigenvalue weighted by Crippen LogP contribution is -2.22. The van der Waals surface area contributed by atoms with E-state index in [-0.39, 0.29) is 5.56 Å². The third-order valence-corrected chi connectivity index (χ3v) is 5.21. The largest absolute Gasteiger partial charge is 0.497 e. The molecule has 0 atom stereocenters. The summed E-state index contributed by atoms with van der Waals surface area (Å²) in [7, 11) is 1.63. The second kappa shape index (κ2) is 5.46. The minimum Gasteiger partial charge on any atom is -0.497 e. The molecule has 2 heterocycles. The Balaban J connectivity index is 1.97. The Labute approximate surface area is 142 Å². The highest BCUT2D eigenvalue weighted by Gasteiger charge is 2.12. The minimum atomic E-state index is -0.0245. The van der Waals surface area contributed by atoms with Gasteiger partial charge in [-0.05, 0) is 60.9 Å². The van der Waals surface area contributed by atoms with E-state index in [4.69, 9.17) is 4.74 Å². The molecule has 120 valence electrons. The molecular weight excluding hydrogens is 320 g/mol. The van der Waals surface area contributed by atoms with Gasteiger partial charge in [-0.1, -0.05) is 23.5 Å². The molecule has 0 fully saturated rings. The highest BCUT2D eigenvalue weighted by Crippen LogP contribution is 2.20. The van der Waals surface area contributed by atoms with Crippen LogP contribution in [0.2, 0.25) is 0 Å². The first-order valence-corrected chi connectivity index (χ1v) is 8.46. The van der Waals surface area contributed by atoms with Crippen molar-refractivity contribution in [3.63, 3.8) is 0 Å². The van der Waals surface area contributed by atoms with Crippen molar-refractivity contribution in [1.82, 2.24) is 9.38 Å². The molecule has 5 heteroatoms. The van der Waals surface area contributed by atoms with Crippen LogP contribution in [-0.4, -0.2) is 16.5 Å². The summed E-state index contributed by atoms with van der Waals surface area (Å²) >= 11 is 1.41. The van der Waals surface area contributed by atoms with Crippen molar-refractivity contribution in [2.75, 3.05) is 7.11 Å². The third kappa shape index (κ3) is 2.29. The van der Waals surface area contributed by atoms with Gasteiger partial charge in [0.25, 0.3) is 5.56 Å². The fourth-order valence-corrected chi connectivity index (χ4v) is 3.79. The van der Waals surface area contributed by atoms with Gasteiger partial charge in [-0.25, -0.2) is 9.38 Å². The predicted octanol–water partition coefficient (Wildman–Crippen LogP) is 3.08. The summed E-state index contributed by atoms with van der Waals surface area (Å²) in [5.74, 6) is 0.772. The number of nitrogens with zero attached hydrogens (tertiary/aromatic N) is 2. The SMILES string of the molecule is COc1cccc(/C=c2/sc3nc4cc(C)c(C)cc4n3c2=O)c1. The van der Waals surface area contributed by atoms with Gasteiger partial charge in [0.05, 0.1) is 22.7 Å². The first kappa shape index (κ1) is 14.9. The van der Waals surface area contributed by atoms with Crippen molar-refractivity contribution >= 4 is 33.4 Å². The molecule has 4 aromatic rings. The molecule has 24 heavy (non-hydrogen) atoms. The first-order valence-electron chi connectivity index (χ1n) is 7.65. The molecule has 4 rings (SSSR count). The maximum atomic E-state index is 12.8. The number of imidazole rings is 1. The summed E-state index contributed by atoms with van der Waals surface area (Å²) in [4.78, 5) is 18.2. The second-order valence-corrected chi connectivity index (χ2v) is 6.86. The van der Waals surface area contributed by atoms with Crippen LogP contribution in [-0.2, 0) is 0 Å². The molecule has 0 aliphatic heterocycles. The maximum Gasteiger partial charge on any atom is 0.274 e. The lowest BCUT2D eigenvalue weighted by molar-refractivity contribution is 0.414. The molecule has 0 saturated heterocycles. The number of hydrogen-bond donors (Lipinski definition) is 0. The molecule has 0 N–H and O–H groups in total. The molecule has 0 radical (unpaired) electrons. The van der Waals surface area contributed by atoms with E-state index in [1.165, 1.54) is 16.9 Å². The molecule has 4 nitrogen and oxygen atoms in total. The highest BCUT2D eigenvalue weighted by atomic mass is 32.1. The standard InChI is InChI=1S/C19H16N2O2S/c1-11-7-15-16(8-12(11)2)21-18(22)17(24-19(21)20-15)10-13-5-4-6-14(9-13)23-3/h4-10H,1-3H3/b17-10+. The molecule has 2 aromatic carbocycles. The Hall–Kier alpha value is -2.66. The van der Waals surface area contributed by atoms with E-state index >= 15 is 0 Å². The van der Waals surface area contributed by atoms with Gasteiger partial charge in [-0.3, -0.25) is 4.79 Å². The average molecular weight is 336 g/mol. The smallest absolute Gasteiger partial charge is 0.274 e. The van der Waals surface area contributed by atoms with Crippen LogP contribution in [0, 0.1) is 13.8 Å². The number of aryl methyl sites for hydroxylation is 2. The van der Waals surface area contributed by atoms with Crippen LogP contribution in [0.4, 0.5) is 0 Å². The topological polar surface area (TPSA) is 43.6 Å². The molecule has 0 aliphatic rings. The zero-order valence-electron chi connectivity index (χ0n) is 13.7. The maximum absolute atomic E-state index is 12.8. The van der Waals surface area contributed by atoms with Gasteiger partial charge in [-0.2, -0.15) is 0 Å². The van der Waals surface area contributed by atoms with Crippen LogP contribution in [0.3, 0.4) is 0 Å². The molecule has 0 bridgehead atoms. The van der Waals surface area contributed by atoms with E-state index < -0.39 is 0 Å². The fraction of sp³-hybridized carbons (Fsp3) is 0.158. The summed E-state index contributed by atoms with van der Waals surface area (Å²) in [6.45, 7) is 4.11. The van der Waals surface area contributed by atoms with Gasteiger partial charge >= 0.3 is 0 Å². The lowest BCUT2D eigenvalue weighted by atomic mass is 10.1. The molecule has 0 saturated carbocycles. The van der Waals surface area contributed by atoms with Crippen molar-refractivity contribution in [2.24, 2.45) is 0 Å². The van der Waals surface area contributed by atoms with Crippen molar-refractivity contribution in [2.45, 2.75) is 13.8 Å². The van der Waals surface area contributed by atoms with Gasteiger partial charge in [0.1, 0.15) is 5.75 Å². The minimum absolute atomic E-state index is 0.0245. The number of hydrogen-bond acceptors (Lipinski definition) is 4. The van der Waals surface area contributed by atoms with Crippen LogP contribution < -0.4 is 14.8 Å². The molecule has 0 unspecified atom stereocenters. The Morgan fingerprint density at radius 2 is 1.96 bits per heavy atom. The van der Waals surface area contributed by atoms with Crippen LogP contribution in [0.1, 0.15) is 16.7 Å². The zero-order valence-corrected chi connectivity index (χ0v) is 14.5. The number of methoxy groups -OCH3 is 1. The molecule has 0 spiro atoms. The Morgan fingerprint density at radius 1 is 1.17 bits per heavy atom. The number of thiazole rings is 1. The van der Waals surface area contributed by atoms with E-state index in [0.29, 0.717) is 4.53 Å². The van der Waals surface area contributed by atoms with Crippen molar-refractivity contribution < 1.29 is 4.74 Å². The Morgan fingerprint density at radius 3 is 2.75 bits per heavy atom. The lowest BCUT2D eigenvalue weighted by Gasteiger charge is -1.99. The van der Waals surface area contributed by atoms with E-state index in [0.717, 1.165) is 32.9 Å². The van der Waals surface area contributed by atoms with Gasteiger partial charge in [0.2, 0.25) is 0 Å². The average Bonchev–Trinajstić information content (AvgIpc) is 3.05. The highest BCUT2D eigenvalue weighted by molar-refractivity contribution is 7.15. The van der Waals surface area contributed by atoms with Gasteiger partial charge in [0, 0.05) is 0 Å². The summed E-state index contributed by atoms with van der Waals surface area (Å²) in [6.07, 6.45) is 1.89. The fourth-order valence-electron chi connectivity index (χ4n) is 2.80. The number of fused-ring (bicyclic) bond motifs is 3. The Kier molecular flexibility index (Phi) is 3.39. The number of benzene rings is 2. The Bertz CT molecular complexity index is 1190. The second-order valence-electron chi connectivity index (χ2n) is 5.85. The summed E-state index contributed by atoms with van der Waals surface area (Å²) in [5, 5.41) is 0. The van der Waals surface area contributed by atoms with E-state index in [1.807, 2.05) is 49.4 Å². The predicted molar refractivity (Wildman–Crippen MR) is 98.1 cm³/mol. The van der Waals surface area contributed by atoms with Crippen molar-refractivity contribution in [1.29, 1.82) is 0 Å². The quantitative estimate of drug-likeness (QED) is 0.565. The summed E-state index contributed by atoms with van der Waals surface area (Å²) < 4.78 is 7.62. The number of aromatic nitrogens is 2. The number of ether oxygens (including phenoxy) is 1. The summed E-state index contributed by atoms with van der Waals surface area (Å²) in [6, 6.07) is 11.7. The molecule has 0 aliphatic carbocycles. The first-order chi connectivity index (χ1) is 11.6. The van der Waals surface area contributed by atoms with E-state index in [9.17, 15) is 4.79 Å². The number of rotatable bonds is 2. The van der Waals surface area contributed by atoms with Crippen LogP contribution in [0.5, 0.6) is 5.75 Å². The normalized spacial score (nSPS) is 12.4. The molecule has 0 amide bonds. The zero-order chi connectivity index (χ0) is 16.8. The van der Waals surface area contributed by atoms with Crippen molar-refractivity contribution in [3.8, 4) is 5.75 Å². The van der Waals surface area contributed by atoms with Crippen LogP contribution >= 0.6 is 11.3 Å². The van der Waals surface area contributed by atoms with Gasteiger partial charge < -0.3 is 4.74 Å². The van der Waals surface area contributed by atoms with Gasteiger partial charge in [-0.15, -0.1) is 0 Å². The van der Waals surface area contributed by atoms with Crippen molar-refractivity contribution in [3.05, 3.63) is 68.0 Å².